The Morgan fingerprint density at radius 2 is 1.87 bits per heavy atom. The fourth-order valence-electron chi connectivity index (χ4n) is 2.42. The van der Waals surface area contributed by atoms with Crippen LogP contribution < -0.4 is 4.74 Å². The Morgan fingerprint density at radius 1 is 1.13 bits per heavy atom. The molecule has 0 aliphatic rings. The van der Waals surface area contributed by atoms with Crippen molar-refractivity contribution in [2.45, 2.75) is 6.42 Å². The molecular formula is C18H16O5. The van der Waals surface area contributed by atoms with Crippen molar-refractivity contribution in [1.29, 1.82) is 0 Å². The first-order chi connectivity index (χ1) is 11.0. The van der Waals surface area contributed by atoms with E-state index in [0.29, 0.717) is 17.7 Å². The Morgan fingerprint density at radius 3 is 2.43 bits per heavy atom. The fourth-order valence-corrected chi connectivity index (χ4v) is 2.42. The normalized spacial score (nSPS) is 10.1. The van der Waals surface area contributed by atoms with Crippen molar-refractivity contribution in [3.63, 3.8) is 0 Å². The summed E-state index contributed by atoms with van der Waals surface area (Å²) < 4.78 is 5.39. The van der Waals surface area contributed by atoms with Gasteiger partial charge in [0.1, 0.15) is 5.75 Å². The van der Waals surface area contributed by atoms with Crippen LogP contribution in [0.2, 0.25) is 0 Å². The highest BCUT2D eigenvalue weighted by Crippen LogP contribution is 2.28. The van der Waals surface area contributed by atoms with Gasteiger partial charge in [0.2, 0.25) is 0 Å². The van der Waals surface area contributed by atoms with E-state index in [-0.39, 0.29) is 11.1 Å². The number of ether oxygens (including phenoxy) is 1. The minimum absolute atomic E-state index is 0.0315. The minimum Gasteiger partial charge on any atom is -0.496 e. The summed E-state index contributed by atoms with van der Waals surface area (Å²) in [6.45, 7) is 3.73. The van der Waals surface area contributed by atoms with Crippen LogP contribution in [0.4, 0.5) is 0 Å². The number of carboxylic acids is 2. The molecule has 0 amide bonds. The lowest BCUT2D eigenvalue weighted by atomic mass is 9.96. The zero-order valence-corrected chi connectivity index (χ0v) is 12.6. The predicted octanol–water partition coefficient (Wildman–Crippen LogP) is 3.33. The Balaban J connectivity index is 2.50. The molecule has 2 N–H and O–H groups in total. The third kappa shape index (κ3) is 3.40. The van der Waals surface area contributed by atoms with E-state index in [0.717, 1.165) is 11.1 Å². The van der Waals surface area contributed by atoms with Gasteiger partial charge in [-0.15, -0.1) is 0 Å². The quantitative estimate of drug-likeness (QED) is 0.854. The Labute approximate surface area is 133 Å². The summed E-state index contributed by atoms with van der Waals surface area (Å²) in [6, 6.07) is 9.61. The van der Waals surface area contributed by atoms with Gasteiger partial charge in [-0.3, -0.25) is 0 Å². The van der Waals surface area contributed by atoms with E-state index in [2.05, 4.69) is 6.58 Å². The Bertz CT molecular complexity index is 777. The van der Waals surface area contributed by atoms with Crippen LogP contribution >= 0.6 is 0 Å². The molecule has 0 radical (unpaired) electrons. The maximum Gasteiger partial charge on any atom is 0.336 e. The average Bonchev–Trinajstić information content (AvgIpc) is 2.54. The van der Waals surface area contributed by atoms with Crippen LogP contribution in [0.1, 0.15) is 37.4 Å². The van der Waals surface area contributed by atoms with Crippen molar-refractivity contribution in [1.82, 2.24) is 0 Å². The zero-order chi connectivity index (χ0) is 17.0. The molecule has 23 heavy (non-hydrogen) atoms. The predicted molar refractivity (Wildman–Crippen MR) is 86.3 cm³/mol. The highest BCUT2D eigenvalue weighted by Gasteiger charge is 2.16. The number of rotatable bonds is 6. The molecule has 5 nitrogen and oxygen atoms in total. The lowest BCUT2D eigenvalue weighted by molar-refractivity contribution is 0.0695. The van der Waals surface area contributed by atoms with Crippen LogP contribution in [0.3, 0.4) is 0 Å². The summed E-state index contributed by atoms with van der Waals surface area (Å²) in [4.78, 5) is 22.4. The number of benzene rings is 2. The highest BCUT2D eigenvalue weighted by molar-refractivity contribution is 5.95. The molecule has 0 unspecified atom stereocenters. The number of hydrogen-bond donors (Lipinski definition) is 2. The summed E-state index contributed by atoms with van der Waals surface area (Å²) in [5.74, 6) is -1.70. The van der Waals surface area contributed by atoms with Crippen molar-refractivity contribution in [2.24, 2.45) is 0 Å². The molecular weight excluding hydrogens is 296 g/mol. The largest absolute Gasteiger partial charge is 0.496 e. The third-order valence-electron chi connectivity index (χ3n) is 3.52. The maximum atomic E-state index is 11.4. The summed E-state index contributed by atoms with van der Waals surface area (Å²) in [7, 11) is 1.54. The fraction of sp³-hybridized carbons (Fsp3) is 0.111. The lowest BCUT2D eigenvalue weighted by Crippen LogP contribution is -2.07. The molecule has 0 saturated carbocycles. The first kappa shape index (κ1) is 16.3. The molecule has 118 valence electrons. The molecule has 0 spiro atoms. The van der Waals surface area contributed by atoms with Crippen molar-refractivity contribution >= 4 is 18.0 Å². The van der Waals surface area contributed by atoms with E-state index in [1.165, 1.54) is 25.3 Å². The molecule has 0 heterocycles. The first-order valence-corrected chi connectivity index (χ1v) is 6.85. The standard InChI is InChI=1S/C18H16O5/c1-3-11-5-4-6-13(16(11)23-2)9-12-7-8-14(17(19)20)10-15(12)18(21)22/h3-8,10H,1,9H2,2H3,(H,19,20)(H,21,22). The van der Waals surface area contributed by atoms with Gasteiger partial charge in [-0.25, -0.2) is 9.59 Å². The number of para-hydroxylation sites is 1. The van der Waals surface area contributed by atoms with Crippen LogP contribution in [-0.2, 0) is 6.42 Å². The van der Waals surface area contributed by atoms with Gasteiger partial charge in [0.15, 0.2) is 0 Å². The monoisotopic (exact) mass is 312 g/mol. The molecule has 0 aliphatic carbocycles. The van der Waals surface area contributed by atoms with E-state index in [1.54, 1.807) is 6.08 Å². The van der Waals surface area contributed by atoms with Crippen LogP contribution in [-0.4, -0.2) is 29.3 Å². The van der Waals surface area contributed by atoms with Crippen LogP contribution in [0, 0.1) is 0 Å². The second-order valence-corrected chi connectivity index (χ2v) is 4.90. The van der Waals surface area contributed by atoms with Crippen molar-refractivity contribution in [3.8, 4) is 5.75 Å². The van der Waals surface area contributed by atoms with Crippen molar-refractivity contribution in [2.75, 3.05) is 7.11 Å². The molecule has 0 atom stereocenters. The van der Waals surface area contributed by atoms with E-state index in [1.807, 2.05) is 18.2 Å². The van der Waals surface area contributed by atoms with E-state index >= 15 is 0 Å². The van der Waals surface area contributed by atoms with Crippen LogP contribution in [0.15, 0.2) is 43.0 Å². The van der Waals surface area contributed by atoms with Crippen LogP contribution in [0.5, 0.6) is 5.75 Å². The Kier molecular flexibility index (Phi) is 4.81. The molecule has 2 aromatic rings. The number of methoxy groups -OCH3 is 1. The molecule has 0 aliphatic heterocycles. The average molecular weight is 312 g/mol. The molecule has 0 saturated heterocycles. The minimum atomic E-state index is -1.16. The van der Waals surface area contributed by atoms with Gasteiger partial charge in [-0.1, -0.05) is 36.9 Å². The van der Waals surface area contributed by atoms with Crippen molar-refractivity contribution < 1.29 is 24.5 Å². The second-order valence-electron chi connectivity index (χ2n) is 4.90. The first-order valence-electron chi connectivity index (χ1n) is 6.85. The smallest absolute Gasteiger partial charge is 0.336 e. The molecule has 0 aromatic heterocycles. The second kappa shape index (κ2) is 6.79. The summed E-state index contributed by atoms with van der Waals surface area (Å²) in [5.41, 5.74) is 2.04. The molecule has 2 rings (SSSR count). The molecule has 0 fully saturated rings. The number of carboxylic acid groups (broad SMARTS) is 2. The van der Waals surface area contributed by atoms with E-state index < -0.39 is 11.9 Å². The van der Waals surface area contributed by atoms with Gasteiger partial charge in [-0.2, -0.15) is 0 Å². The van der Waals surface area contributed by atoms with E-state index in [9.17, 15) is 14.7 Å². The maximum absolute atomic E-state index is 11.4. The van der Waals surface area contributed by atoms with Gasteiger partial charge in [0.25, 0.3) is 0 Å². The van der Waals surface area contributed by atoms with Gasteiger partial charge in [-0.05, 0) is 23.3 Å². The van der Waals surface area contributed by atoms with Crippen LogP contribution in [0.25, 0.3) is 6.08 Å². The number of hydrogen-bond acceptors (Lipinski definition) is 3. The van der Waals surface area contributed by atoms with Gasteiger partial charge >= 0.3 is 11.9 Å². The lowest BCUT2D eigenvalue weighted by Gasteiger charge is -2.13. The summed E-state index contributed by atoms with van der Waals surface area (Å²) in [5, 5.41) is 18.3. The van der Waals surface area contributed by atoms with E-state index in [4.69, 9.17) is 9.84 Å². The number of carbonyl (C=O) groups is 2. The third-order valence-corrected chi connectivity index (χ3v) is 3.52. The topological polar surface area (TPSA) is 83.8 Å². The van der Waals surface area contributed by atoms with Crippen molar-refractivity contribution in [3.05, 3.63) is 70.8 Å². The summed E-state index contributed by atoms with van der Waals surface area (Å²) in [6.07, 6.45) is 1.97. The number of aromatic carboxylic acids is 2. The SMILES string of the molecule is C=Cc1cccc(Cc2ccc(C(=O)O)cc2C(=O)O)c1OC. The Hall–Kier alpha value is -3.08. The zero-order valence-electron chi connectivity index (χ0n) is 12.6. The van der Waals surface area contributed by atoms with Gasteiger partial charge in [0.05, 0.1) is 18.2 Å². The van der Waals surface area contributed by atoms with Gasteiger partial charge < -0.3 is 14.9 Å². The van der Waals surface area contributed by atoms with Gasteiger partial charge in [0, 0.05) is 12.0 Å². The molecule has 0 bridgehead atoms. The molecule has 5 heteroatoms. The highest BCUT2D eigenvalue weighted by atomic mass is 16.5. The summed E-state index contributed by atoms with van der Waals surface area (Å²) >= 11 is 0. The molecule has 2 aromatic carbocycles.